The monoisotopic (exact) mass is 348 g/mol. The van der Waals surface area contributed by atoms with Crippen molar-refractivity contribution in [2.24, 2.45) is 0 Å². The molecule has 0 radical (unpaired) electrons. The summed E-state index contributed by atoms with van der Waals surface area (Å²) < 4.78 is 10.6. The average molecular weight is 348 g/mol. The van der Waals surface area contributed by atoms with Crippen molar-refractivity contribution in [1.29, 1.82) is 0 Å². The molecule has 0 unspecified atom stereocenters. The van der Waals surface area contributed by atoms with Gasteiger partial charge in [-0.05, 0) is 30.5 Å². The van der Waals surface area contributed by atoms with Crippen molar-refractivity contribution in [2.75, 3.05) is 13.7 Å². The first kappa shape index (κ1) is 17.6. The van der Waals surface area contributed by atoms with Crippen molar-refractivity contribution < 1.29 is 14.3 Å². The molecule has 0 spiro atoms. The second-order valence-corrected chi connectivity index (χ2v) is 5.74. The van der Waals surface area contributed by atoms with Gasteiger partial charge in [0.1, 0.15) is 17.6 Å². The Bertz CT molecular complexity index is 866. The number of hydrogen-bond donors (Lipinski definition) is 0. The molecule has 132 valence electrons. The van der Waals surface area contributed by atoms with Gasteiger partial charge in [-0.1, -0.05) is 42.5 Å². The van der Waals surface area contributed by atoms with Crippen LogP contribution < -0.4 is 4.74 Å². The SMILES string of the molecule is COc1cccc(CCCOC(=O)c2cncnc2-c2ccccc2)c1. The third-order valence-corrected chi connectivity index (χ3v) is 3.96. The summed E-state index contributed by atoms with van der Waals surface area (Å²) >= 11 is 0. The Balaban J connectivity index is 1.59. The molecule has 3 aromatic rings. The van der Waals surface area contributed by atoms with Crippen molar-refractivity contribution in [3.8, 4) is 17.0 Å². The van der Waals surface area contributed by atoms with Crippen LogP contribution in [0.5, 0.6) is 5.75 Å². The highest BCUT2D eigenvalue weighted by Crippen LogP contribution is 2.21. The van der Waals surface area contributed by atoms with Crippen LogP contribution in [0.15, 0.2) is 67.1 Å². The molecule has 0 amide bonds. The first-order chi connectivity index (χ1) is 12.8. The van der Waals surface area contributed by atoms with E-state index in [-0.39, 0.29) is 0 Å². The second kappa shape index (κ2) is 8.76. The van der Waals surface area contributed by atoms with E-state index in [9.17, 15) is 4.79 Å². The summed E-state index contributed by atoms with van der Waals surface area (Å²) in [4.78, 5) is 20.6. The Labute approximate surface area is 152 Å². The zero-order valence-corrected chi connectivity index (χ0v) is 14.6. The number of methoxy groups -OCH3 is 1. The molecule has 0 aliphatic rings. The summed E-state index contributed by atoms with van der Waals surface area (Å²) in [6.45, 7) is 0.333. The fraction of sp³-hybridized carbons (Fsp3) is 0.190. The summed E-state index contributed by atoms with van der Waals surface area (Å²) in [6.07, 6.45) is 4.47. The Morgan fingerprint density at radius 3 is 2.73 bits per heavy atom. The van der Waals surface area contributed by atoms with Crippen molar-refractivity contribution >= 4 is 5.97 Å². The van der Waals surface area contributed by atoms with Crippen molar-refractivity contribution in [1.82, 2.24) is 9.97 Å². The minimum Gasteiger partial charge on any atom is -0.497 e. The highest BCUT2D eigenvalue weighted by Gasteiger charge is 2.15. The predicted octanol–water partition coefficient (Wildman–Crippen LogP) is 3.94. The van der Waals surface area contributed by atoms with E-state index in [4.69, 9.17) is 9.47 Å². The lowest BCUT2D eigenvalue weighted by Gasteiger charge is -2.09. The Hall–Kier alpha value is -3.21. The van der Waals surface area contributed by atoms with Crippen molar-refractivity contribution in [2.45, 2.75) is 12.8 Å². The molecule has 26 heavy (non-hydrogen) atoms. The van der Waals surface area contributed by atoms with Gasteiger partial charge in [0, 0.05) is 11.8 Å². The number of aromatic nitrogens is 2. The molecule has 0 bridgehead atoms. The van der Waals surface area contributed by atoms with Crippen LogP contribution >= 0.6 is 0 Å². The number of hydrogen-bond acceptors (Lipinski definition) is 5. The first-order valence-corrected chi connectivity index (χ1v) is 8.43. The van der Waals surface area contributed by atoms with Crippen LogP contribution in [0.4, 0.5) is 0 Å². The minimum atomic E-state index is -0.407. The van der Waals surface area contributed by atoms with E-state index in [1.165, 1.54) is 12.5 Å². The smallest absolute Gasteiger partial charge is 0.341 e. The van der Waals surface area contributed by atoms with E-state index >= 15 is 0 Å². The van der Waals surface area contributed by atoms with E-state index in [0.717, 1.165) is 29.7 Å². The molecule has 0 atom stereocenters. The van der Waals surface area contributed by atoms with Gasteiger partial charge in [-0.3, -0.25) is 0 Å². The normalized spacial score (nSPS) is 10.3. The molecule has 0 saturated heterocycles. The van der Waals surface area contributed by atoms with Gasteiger partial charge in [0.15, 0.2) is 0 Å². The van der Waals surface area contributed by atoms with Gasteiger partial charge in [0.25, 0.3) is 0 Å². The summed E-state index contributed by atoms with van der Waals surface area (Å²) in [5, 5.41) is 0. The first-order valence-electron chi connectivity index (χ1n) is 8.43. The van der Waals surface area contributed by atoms with Crippen LogP contribution in [0, 0.1) is 0 Å². The second-order valence-electron chi connectivity index (χ2n) is 5.74. The number of esters is 1. The zero-order chi connectivity index (χ0) is 18.2. The van der Waals surface area contributed by atoms with E-state index in [0.29, 0.717) is 17.9 Å². The fourth-order valence-corrected chi connectivity index (χ4v) is 2.65. The Morgan fingerprint density at radius 1 is 1.08 bits per heavy atom. The molecule has 0 aliphatic heterocycles. The Kier molecular flexibility index (Phi) is 5.93. The maximum absolute atomic E-state index is 12.4. The predicted molar refractivity (Wildman–Crippen MR) is 99.1 cm³/mol. The lowest BCUT2D eigenvalue weighted by molar-refractivity contribution is 0.0500. The number of nitrogens with zero attached hydrogens (tertiary/aromatic N) is 2. The highest BCUT2D eigenvalue weighted by molar-refractivity contribution is 5.95. The number of benzene rings is 2. The van der Waals surface area contributed by atoms with Crippen LogP contribution in [0.1, 0.15) is 22.3 Å². The molecule has 2 aromatic carbocycles. The fourth-order valence-electron chi connectivity index (χ4n) is 2.65. The standard InChI is InChI=1S/C21H20N2O3/c1-25-18-11-5-7-16(13-18)8-6-12-26-21(24)19-14-22-15-23-20(19)17-9-3-2-4-10-17/h2-5,7,9-11,13-15H,6,8,12H2,1H3. The molecule has 0 fully saturated rings. The molecule has 0 N–H and O–H groups in total. The number of aryl methyl sites for hydroxylation is 1. The molecule has 3 rings (SSSR count). The van der Waals surface area contributed by atoms with Gasteiger partial charge >= 0.3 is 5.97 Å². The van der Waals surface area contributed by atoms with E-state index in [2.05, 4.69) is 9.97 Å². The van der Waals surface area contributed by atoms with E-state index in [1.807, 2.05) is 54.6 Å². The summed E-state index contributed by atoms with van der Waals surface area (Å²) in [5.74, 6) is 0.420. The van der Waals surface area contributed by atoms with Crippen LogP contribution in [-0.4, -0.2) is 29.7 Å². The topological polar surface area (TPSA) is 61.3 Å². The molecule has 0 saturated carbocycles. The Morgan fingerprint density at radius 2 is 1.92 bits per heavy atom. The van der Waals surface area contributed by atoms with Gasteiger partial charge in [-0.25, -0.2) is 14.8 Å². The van der Waals surface area contributed by atoms with Crippen LogP contribution in [0.25, 0.3) is 11.3 Å². The summed E-state index contributed by atoms with van der Waals surface area (Å²) in [6, 6.07) is 17.4. The quantitative estimate of drug-likeness (QED) is 0.478. The maximum Gasteiger partial charge on any atom is 0.341 e. The van der Waals surface area contributed by atoms with E-state index in [1.54, 1.807) is 7.11 Å². The van der Waals surface area contributed by atoms with Gasteiger partial charge in [0.05, 0.1) is 19.4 Å². The largest absolute Gasteiger partial charge is 0.497 e. The molecule has 1 heterocycles. The van der Waals surface area contributed by atoms with Crippen molar-refractivity contribution in [3.05, 3.63) is 78.2 Å². The molecule has 0 aliphatic carbocycles. The summed E-state index contributed by atoms with van der Waals surface area (Å²) in [7, 11) is 1.65. The highest BCUT2D eigenvalue weighted by atomic mass is 16.5. The molecular formula is C21H20N2O3. The number of carbonyl (C=O) groups excluding carboxylic acids is 1. The van der Waals surface area contributed by atoms with Gasteiger partial charge in [0.2, 0.25) is 0 Å². The molecule has 1 aromatic heterocycles. The zero-order valence-electron chi connectivity index (χ0n) is 14.6. The molecule has 5 heteroatoms. The average Bonchev–Trinajstić information content (AvgIpc) is 2.72. The van der Waals surface area contributed by atoms with Crippen LogP contribution in [-0.2, 0) is 11.2 Å². The van der Waals surface area contributed by atoms with Crippen LogP contribution in [0.2, 0.25) is 0 Å². The van der Waals surface area contributed by atoms with E-state index < -0.39 is 5.97 Å². The third kappa shape index (κ3) is 4.45. The van der Waals surface area contributed by atoms with Crippen molar-refractivity contribution in [3.63, 3.8) is 0 Å². The van der Waals surface area contributed by atoms with Gasteiger partial charge in [-0.2, -0.15) is 0 Å². The lowest BCUT2D eigenvalue weighted by atomic mass is 10.1. The third-order valence-electron chi connectivity index (χ3n) is 3.96. The molecule has 5 nitrogen and oxygen atoms in total. The number of carbonyl (C=O) groups is 1. The number of ether oxygens (including phenoxy) is 2. The molecular weight excluding hydrogens is 328 g/mol. The minimum absolute atomic E-state index is 0.333. The van der Waals surface area contributed by atoms with Gasteiger partial charge < -0.3 is 9.47 Å². The van der Waals surface area contributed by atoms with Crippen LogP contribution in [0.3, 0.4) is 0 Å². The maximum atomic E-state index is 12.4. The summed E-state index contributed by atoms with van der Waals surface area (Å²) in [5.41, 5.74) is 2.96. The van der Waals surface area contributed by atoms with Gasteiger partial charge in [-0.15, -0.1) is 0 Å². The number of rotatable bonds is 7. The lowest BCUT2D eigenvalue weighted by Crippen LogP contribution is -2.10.